The van der Waals surface area contributed by atoms with Crippen molar-refractivity contribution in [3.63, 3.8) is 0 Å². The summed E-state index contributed by atoms with van der Waals surface area (Å²) in [6.45, 7) is 1.84. The zero-order chi connectivity index (χ0) is 18.4. The Morgan fingerprint density at radius 2 is 1.84 bits per heavy atom. The number of methoxy groups -OCH3 is 2. The molecule has 0 spiro atoms. The number of quaternary nitrogens is 1. The van der Waals surface area contributed by atoms with E-state index < -0.39 is 11.6 Å². The summed E-state index contributed by atoms with van der Waals surface area (Å²) in [5, 5.41) is 4.41. The second-order valence-electron chi connectivity index (χ2n) is 5.51. The molecule has 0 saturated carbocycles. The maximum absolute atomic E-state index is 13.7. The largest absolute Gasteiger partial charge is 0.493 e. The third kappa shape index (κ3) is 4.90. The van der Waals surface area contributed by atoms with Crippen LogP contribution in [0.5, 0.6) is 11.5 Å². The number of benzene rings is 2. The van der Waals surface area contributed by atoms with Crippen LogP contribution in [0.25, 0.3) is 0 Å². The maximum Gasteiger partial charge on any atom is 0.279 e. The average Bonchev–Trinajstić information content (AvgIpc) is 2.59. The van der Waals surface area contributed by atoms with Gasteiger partial charge in [-0.15, -0.1) is 0 Å². The zero-order valence-electron chi connectivity index (χ0n) is 14.3. The second kappa shape index (κ2) is 8.43. The normalized spacial score (nSPS) is 11.7. The van der Waals surface area contributed by atoms with E-state index in [4.69, 9.17) is 9.47 Å². The SMILES string of the molecule is COc1ccc(NC(=O)C[NH2+][C@@H](C)c2ccc(F)cc2F)cc1OC. The molecule has 2 aromatic carbocycles. The Balaban J connectivity index is 1.94. The van der Waals surface area contributed by atoms with E-state index in [1.54, 1.807) is 30.4 Å². The number of amides is 1. The van der Waals surface area contributed by atoms with Gasteiger partial charge >= 0.3 is 0 Å². The highest BCUT2D eigenvalue weighted by Crippen LogP contribution is 2.29. The Kier molecular flexibility index (Phi) is 6.30. The van der Waals surface area contributed by atoms with Gasteiger partial charge in [0.15, 0.2) is 18.0 Å². The minimum absolute atomic E-state index is 0.0896. The van der Waals surface area contributed by atoms with Crippen molar-refractivity contribution in [2.45, 2.75) is 13.0 Å². The Bertz CT molecular complexity index is 753. The molecular formula is C18H21F2N2O3+. The molecule has 134 valence electrons. The molecule has 0 heterocycles. The Morgan fingerprint density at radius 3 is 2.48 bits per heavy atom. The minimum atomic E-state index is -0.625. The second-order valence-corrected chi connectivity index (χ2v) is 5.51. The number of halogens is 2. The van der Waals surface area contributed by atoms with E-state index in [1.807, 2.05) is 0 Å². The van der Waals surface area contributed by atoms with Gasteiger partial charge in [0.05, 0.1) is 14.2 Å². The van der Waals surface area contributed by atoms with Crippen LogP contribution in [0.15, 0.2) is 36.4 Å². The fraction of sp³-hybridized carbons (Fsp3) is 0.278. The van der Waals surface area contributed by atoms with Gasteiger partial charge in [0.25, 0.3) is 5.91 Å². The lowest BCUT2D eigenvalue weighted by Gasteiger charge is -2.13. The van der Waals surface area contributed by atoms with Crippen molar-refractivity contribution in [1.82, 2.24) is 0 Å². The molecule has 2 aromatic rings. The van der Waals surface area contributed by atoms with Gasteiger partial charge in [0.1, 0.15) is 17.7 Å². The molecule has 1 amide bonds. The number of hydrogen-bond acceptors (Lipinski definition) is 3. The first-order chi connectivity index (χ1) is 11.9. The van der Waals surface area contributed by atoms with Crippen LogP contribution in [0.3, 0.4) is 0 Å². The number of hydrogen-bond donors (Lipinski definition) is 2. The van der Waals surface area contributed by atoms with E-state index >= 15 is 0 Å². The number of nitrogens with one attached hydrogen (secondary N) is 1. The van der Waals surface area contributed by atoms with Crippen molar-refractivity contribution in [2.24, 2.45) is 0 Å². The van der Waals surface area contributed by atoms with E-state index in [0.29, 0.717) is 22.7 Å². The van der Waals surface area contributed by atoms with E-state index in [0.717, 1.165) is 6.07 Å². The summed E-state index contributed by atoms with van der Waals surface area (Å²) in [7, 11) is 3.04. The highest BCUT2D eigenvalue weighted by molar-refractivity contribution is 5.91. The Morgan fingerprint density at radius 1 is 1.12 bits per heavy atom. The number of rotatable bonds is 7. The first kappa shape index (κ1) is 18.7. The molecule has 0 unspecified atom stereocenters. The molecule has 3 N–H and O–H groups in total. The van der Waals surface area contributed by atoms with Gasteiger partial charge < -0.3 is 20.1 Å². The van der Waals surface area contributed by atoms with Crippen LogP contribution in [-0.2, 0) is 4.79 Å². The molecule has 0 saturated heterocycles. The Hall–Kier alpha value is -2.67. The summed E-state index contributed by atoms with van der Waals surface area (Å²) in [4.78, 5) is 12.1. The predicted molar refractivity (Wildman–Crippen MR) is 89.7 cm³/mol. The molecule has 1 atom stereocenters. The van der Waals surface area contributed by atoms with Crippen LogP contribution in [0.4, 0.5) is 14.5 Å². The summed E-state index contributed by atoms with van der Waals surface area (Å²) < 4.78 is 37.0. The summed E-state index contributed by atoms with van der Waals surface area (Å²) in [5.41, 5.74) is 0.914. The quantitative estimate of drug-likeness (QED) is 0.804. The number of anilines is 1. The summed E-state index contributed by atoms with van der Waals surface area (Å²) in [5.74, 6) is -0.427. The van der Waals surface area contributed by atoms with Crippen molar-refractivity contribution in [3.8, 4) is 11.5 Å². The molecule has 0 aliphatic rings. The van der Waals surface area contributed by atoms with E-state index in [-0.39, 0.29) is 18.5 Å². The van der Waals surface area contributed by atoms with Crippen LogP contribution < -0.4 is 20.1 Å². The van der Waals surface area contributed by atoms with Gasteiger partial charge in [-0.1, -0.05) is 0 Å². The summed E-state index contributed by atoms with van der Waals surface area (Å²) >= 11 is 0. The summed E-state index contributed by atoms with van der Waals surface area (Å²) in [6.07, 6.45) is 0. The molecule has 0 radical (unpaired) electrons. The number of carbonyl (C=O) groups excluding carboxylic acids is 1. The lowest BCUT2D eigenvalue weighted by Crippen LogP contribution is -2.86. The molecule has 5 nitrogen and oxygen atoms in total. The molecule has 0 fully saturated rings. The van der Waals surface area contributed by atoms with Crippen molar-refractivity contribution in [1.29, 1.82) is 0 Å². The lowest BCUT2D eigenvalue weighted by molar-refractivity contribution is -0.682. The topological polar surface area (TPSA) is 64.2 Å². The van der Waals surface area contributed by atoms with E-state index in [9.17, 15) is 13.6 Å². The lowest BCUT2D eigenvalue weighted by atomic mass is 10.1. The fourth-order valence-corrected chi connectivity index (χ4v) is 2.41. The highest BCUT2D eigenvalue weighted by atomic mass is 19.1. The number of nitrogens with two attached hydrogens (primary N) is 1. The van der Waals surface area contributed by atoms with Gasteiger partial charge in [-0.25, -0.2) is 8.78 Å². The zero-order valence-corrected chi connectivity index (χ0v) is 14.3. The standard InChI is InChI=1S/C18H20F2N2O3/c1-11(14-6-4-12(19)8-15(14)20)21-10-18(23)22-13-5-7-16(24-2)17(9-13)25-3/h4-9,11,21H,10H2,1-3H3,(H,22,23)/p+1/t11-/m0/s1. The van der Waals surface area contributed by atoms with Gasteiger partial charge in [0, 0.05) is 23.4 Å². The fourth-order valence-electron chi connectivity index (χ4n) is 2.41. The van der Waals surface area contributed by atoms with Gasteiger partial charge in [-0.2, -0.15) is 0 Å². The molecular weight excluding hydrogens is 330 g/mol. The Labute approximate surface area is 144 Å². The minimum Gasteiger partial charge on any atom is -0.493 e. The average molecular weight is 351 g/mol. The van der Waals surface area contributed by atoms with Crippen LogP contribution in [0.2, 0.25) is 0 Å². The molecule has 2 rings (SSSR count). The van der Waals surface area contributed by atoms with Crippen molar-refractivity contribution >= 4 is 11.6 Å². The van der Waals surface area contributed by atoms with Crippen LogP contribution in [0.1, 0.15) is 18.5 Å². The predicted octanol–water partition coefficient (Wildman–Crippen LogP) is 2.25. The first-order valence-corrected chi connectivity index (χ1v) is 7.74. The smallest absolute Gasteiger partial charge is 0.279 e. The first-order valence-electron chi connectivity index (χ1n) is 7.74. The number of carbonyl (C=O) groups is 1. The monoisotopic (exact) mass is 351 g/mol. The molecule has 0 bridgehead atoms. The number of ether oxygens (including phenoxy) is 2. The molecule has 0 aliphatic carbocycles. The third-order valence-corrected chi connectivity index (χ3v) is 3.78. The van der Waals surface area contributed by atoms with Crippen LogP contribution in [0, 0.1) is 11.6 Å². The van der Waals surface area contributed by atoms with E-state index in [1.165, 1.54) is 26.4 Å². The van der Waals surface area contributed by atoms with Crippen LogP contribution >= 0.6 is 0 Å². The highest BCUT2D eigenvalue weighted by Gasteiger charge is 2.16. The molecule has 25 heavy (non-hydrogen) atoms. The van der Waals surface area contributed by atoms with Crippen molar-refractivity contribution < 1.29 is 28.4 Å². The molecule has 0 aromatic heterocycles. The third-order valence-electron chi connectivity index (χ3n) is 3.78. The van der Waals surface area contributed by atoms with E-state index in [2.05, 4.69) is 5.32 Å². The van der Waals surface area contributed by atoms with Gasteiger partial charge in [-0.3, -0.25) is 4.79 Å². The van der Waals surface area contributed by atoms with Crippen molar-refractivity contribution in [2.75, 3.05) is 26.1 Å². The van der Waals surface area contributed by atoms with Gasteiger partial charge in [-0.05, 0) is 31.2 Å². The maximum atomic E-state index is 13.7. The summed E-state index contributed by atoms with van der Waals surface area (Å²) in [6, 6.07) is 8.14. The van der Waals surface area contributed by atoms with Crippen LogP contribution in [-0.4, -0.2) is 26.7 Å². The van der Waals surface area contributed by atoms with Gasteiger partial charge in [0.2, 0.25) is 0 Å². The van der Waals surface area contributed by atoms with Crippen molar-refractivity contribution in [3.05, 3.63) is 53.6 Å². The molecule has 0 aliphatic heterocycles. The molecule has 7 heteroatoms.